The SMILES string of the molecule is CCNCCNS(=O)(=O)Cc1ccc(Cl)c(Cl)c1.Cl. The topological polar surface area (TPSA) is 58.2 Å². The van der Waals surface area contributed by atoms with E-state index in [2.05, 4.69) is 10.0 Å². The summed E-state index contributed by atoms with van der Waals surface area (Å²) in [6, 6.07) is 4.80. The van der Waals surface area contributed by atoms with E-state index in [0.29, 0.717) is 28.7 Å². The van der Waals surface area contributed by atoms with Crippen LogP contribution in [0, 0.1) is 0 Å². The van der Waals surface area contributed by atoms with E-state index in [0.717, 1.165) is 6.54 Å². The minimum atomic E-state index is -3.34. The van der Waals surface area contributed by atoms with Gasteiger partial charge in [0, 0.05) is 13.1 Å². The molecule has 0 aromatic heterocycles. The average Bonchev–Trinajstić information content (AvgIpc) is 2.29. The zero-order valence-corrected chi connectivity index (χ0v) is 13.6. The first-order valence-corrected chi connectivity index (χ1v) is 7.97. The Hall–Kier alpha value is -0.0400. The van der Waals surface area contributed by atoms with Crippen LogP contribution in [-0.4, -0.2) is 28.1 Å². The van der Waals surface area contributed by atoms with Crippen molar-refractivity contribution in [2.75, 3.05) is 19.6 Å². The molecule has 0 aliphatic rings. The van der Waals surface area contributed by atoms with Crippen molar-refractivity contribution in [3.8, 4) is 0 Å². The highest BCUT2D eigenvalue weighted by atomic mass is 35.5. The summed E-state index contributed by atoms with van der Waals surface area (Å²) in [4.78, 5) is 0. The van der Waals surface area contributed by atoms with E-state index >= 15 is 0 Å². The monoisotopic (exact) mass is 346 g/mol. The minimum absolute atomic E-state index is 0. The normalized spacial score (nSPS) is 11.1. The van der Waals surface area contributed by atoms with E-state index in [1.165, 1.54) is 0 Å². The first-order chi connectivity index (χ1) is 8.44. The Labute approximate surface area is 130 Å². The highest BCUT2D eigenvalue weighted by Gasteiger charge is 2.11. The van der Waals surface area contributed by atoms with Crippen molar-refractivity contribution in [2.45, 2.75) is 12.7 Å². The molecule has 0 amide bonds. The fraction of sp³-hybridized carbons (Fsp3) is 0.455. The van der Waals surface area contributed by atoms with E-state index in [1.54, 1.807) is 18.2 Å². The molecule has 19 heavy (non-hydrogen) atoms. The van der Waals surface area contributed by atoms with E-state index in [-0.39, 0.29) is 18.2 Å². The second-order valence-corrected chi connectivity index (χ2v) is 6.38. The molecular weight excluding hydrogens is 331 g/mol. The van der Waals surface area contributed by atoms with Crippen LogP contribution in [0.25, 0.3) is 0 Å². The third-order valence-corrected chi connectivity index (χ3v) is 4.31. The van der Waals surface area contributed by atoms with Crippen molar-refractivity contribution in [3.05, 3.63) is 33.8 Å². The third-order valence-electron chi connectivity index (χ3n) is 2.21. The lowest BCUT2D eigenvalue weighted by Gasteiger charge is -2.07. The number of rotatable bonds is 7. The Bertz CT molecular complexity index is 495. The lowest BCUT2D eigenvalue weighted by atomic mass is 10.2. The van der Waals surface area contributed by atoms with Gasteiger partial charge in [-0.2, -0.15) is 0 Å². The molecule has 0 atom stereocenters. The minimum Gasteiger partial charge on any atom is -0.316 e. The molecular formula is C11H17Cl3N2O2S. The van der Waals surface area contributed by atoms with Crippen molar-refractivity contribution in [2.24, 2.45) is 0 Å². The Morgan fingerprint density at radius 2 is 1.84 bits per heavy atom. The van der Waals surface area contributed by atoms with Crippen LogP contribution in [0.1, 0.15) is 12.5 Å². The van der Waals surface area contributed by atoms with Crippen molar-refractivity contribution in [1.82, 2.24) is 10.0 Å². The van der Waals surface area contributed by atoms with Crippen molar-refractivity contribution >= 4 is 45.6 Å². The number of hydrogen-bond donors (Lipinski definition) is 2. The van der Waals surface area contributed by atoms with Gasteiger partial charge in [0.05, 0.1) is 15.8 Å². The second-order valence-electron chi connectivity index (χ2n) is 3.76. The predicted octanol–water partition coefficient (Wildman–Crippen LogP) is 2.44. The van der Waals surface area contributed by atoms with Gasteiger partial charge in [-0.05, 0) is 24.2 Å². The summed E-state index contributed by atoms with van der Waals surface area (Å²) in [7, 11) is -3.34. The number of nitrogens with one attached hydrogen (secondary N) is 2. The van der Waals surface area contributed by atoms with Crippen molar-refractivity contribution < 1.29 is 8.42 Å². The first kappa shape index (κ1) is 19.0. The molecule has 110 valence electrons. The molecule has 0 heterocycles. The summed E-state index contributed by atoms with van der Waals surface area (Å²) in [6.07, 6.45) is 0. The maximum atomic E-state index is 11.7. The average molecular weight is 348 g/mol. The van der Waals surface area contributed by atoms with E-state index in [1.807, 2.05) is 6.92 Å². The molecule has 0 fully saturated rings. The Kier molecular flexibility index (Phi) is 8.98. The predicted molar refractivity (Wildman–Crippen MR) is 82.9 cm³/mol. The molecule has 1 aromatic rings. The molecule has 0 saturated carbocycles. The van der Waals surface area contributed by atoms with E-state index in [9.17, 15) is 8.42 Å². The molecule has 2 N–H and O–H groups in total. The zero-order chi connectivity index (χ0) is 13.6. The summed E-state index contributed by atoms with van der Waals surface area (Å²) in [5, 5.41) is 3.81. The van der Waals surface area contributed by atoms with Gasteiger partial charge in [0.1, 0.15) is 0 Å². The molecule has 4 nitrogen and oxygen atoms in total. The second kappa shape index (κ2) is 9.00. The van der Waals surface area contributed by atoms with E-state index in [4.69, 9.17) is 23.2 Å². The fourth-order valence-electron chi connectivity index (χ4n) is 1.37. The number of sulfonamides is 1. The number of likely N-dealkylation sites (N-methyl/N-ethyl adjacent to an activating group) is 1. The Morgan fingerprint density at radius 1 is 1.16 bits per heavy atom. The first-order valence-electron chi connectivity index (χ1n) is 5.56. The number of benzene rings is 1. The summed E-state index contributed by atoms with van der Waals surface area (Å²) < 4.78 is 26.0. The maximum Gasteiger partial charge on any atom is 0.215 e. The largest absolute Gasteiger partial charge is 0.316 e. The molecule has 0 aliphatic heterocycles. The van der Waals surface area contributed by atoms with Gasteiger partial charge in [-0.1, -0.05) is 36.2 Å². The molecule has 0 radical (unpaired) electrons. The molecule has 0 unspecified atom stereocenters. The fourth-order valence-corrected chi connectivity index (χ4v) is 2.83. The number of hydrogen-bond acceptors (Lipinski definition) is 3. The lowest BCUT2D eigenvalue weighted by Crippen LogP contribution is -2.32. The molecule has 0 bridgehead atoms. The molecule has 0 aliphatic carbocycles. The summed E-state index contributed by atoms with van der Waals surface area (Å²) >= 11 is 11.6. The van der Waals surface area contributed by atoms with Gasteiger partial charge in [0.15, 0.2) is 0 Å². The van der Waals surface area contributed by atoms with E-state index < -0.39 is 10.0 Å². The van der Waals surface area contributed by atoms with Crippen LogP contribution in [0.15, 0.2) is 18.2 Å². The summed E-state index contributed by atoms with van der Waals surface area (Å²) in [5.74, 6) is -0.101. The van der Waals surface area contributed by atoms with Crippen LogP contribution in [0.3, 0.4) is 0 Å². The van der Waals surface area contributed by atoms with Crippen molar-refractivity contribution in [3.63, 3.8) is 0 Å². The van der Waals surface area contributed by atoms with Crippen LogP contribution in [0.5, 0.6) is 0 Å². The highest BCUT2D eigenvalue weighted by Crippen LogP contribution is 2.23. The van der Waals surface area contributed by atoms with Crippen molar-refractivity contribution in [1.29, 1.82) is 0 Å². The number of halogens is 3. The maximum absolute atomic E-state index is 11.7. The molecule has 1 aromatic carbocycles. The van der Waals surface area contributed by atoms with Gasteiger partial charge in [-0.15, -0.1) is 12.4 Å². The Balaban J connectivity index is 0.00000324. The highest BCUT2D eigenvalue weighted by molar-refractivity contribution is 7.88. The van der Waals surface area contributed by atoms with Gasteiger partial charge >= 0.3 is 0 Å². The lowest BCUT2D eigenvalue weighted by molar-refractivity contribution is 0.576. The summed E-state index contributed by atoms with van der Waals surface area (Å²) in [6.45, 7) is 3.76. The van der Waals surface area contributed by atoms with Crippen LogP contribution in [0.2, 0.25) is 10.0 Å². The molecule has 8 heteroatoms. The van der Waals surface area contributed by atoms with Crippen LogP contribution >= 0.6 is 35.6 Å². The molecule has 0 spiro atoms. The van der Waals surface area contributed by atoms with Gasteiger partial charge in [0.2, 0.25) is 10.0 Å². The Morgan fingerprint density at radius 3 is 2.42 bits per heavy atom. The molecule has 1 rings (SSSR count). The van der Waals surface area contributed by atoms with Crippen LogP contribution < -0.4 is 10.0 Å². The van der Waals surface area contributed by atoms with Gasteiger partial charge < -0.3 is 5.32 Å². The summed E-state index contributed by atoms with van der Waals surface area (Å²) in [5.41, 5.74) is 0.611. The quantitative estimate of drug-likeness (QED) is 0.745. The van der Waals surface area contributed by atoms with Gasteiger partial charge in [0.25, 0.3) is 0 Å². The zero-order valence-electron chi connectivity index (χ0n) is 10.4. The molecule has 0 saturated heterocycles. The van der Waals surface area contributed by atoms with Crippen LogP contribution in [-0.2, 0) is 15.8 Å². The van der Waals surface area contributed by atoms with Gasteiger partial charge in [-0.3, -0.25) is 0 Å². The van der Waals surface area contributed by atoms with Crippen LogP contribution in [0.4, 0.5) is 0 Å². The standard InChI is InChI=1S/C11H16Cl2N2O2S.ClH/c1-2-14-5-6-15-18(16,17)8-9-3-4-10(12)11(13)7-9;/h3-4,7,14-15H,2,5-6,8H2,1H3;1H. The third kappa shape index (κ3) is 7.34. The van der Waals surface area contributed by atoms with Gasteiger partial charge in [-0.25, -0.2) is 13.1 Å². The smallest absolute Gasteiger partial charge is 0.215 e.